The van der Waals surface area contributed by atoms with Crippen molar-refractivity contribution >= 4 is 23.3 Å². The number of halogens is 1. The lowest BCUT2D eigenvalue weighted by molar-refractivity contribution is -0.136. The van der Waals surface area contributed by atoms with Gasteiger partial charge in [0.1, 0.15) is 5.78 Å². The third-order valence-corrected chi connectivity index (χ3v) is 7.79. The van der Waals surface area contributed by atoms with Crippen LogP contribution in [-0.4, -0.2) is 29.7 Å². The Balaban J connectivity index is 1.31. The molecule has 0 aromatic heterocycles. The summed E-state index contributed by atoms with van der Waals surface area (Å²) < 4.78 is 0. The molecule has 0 atom stereocenters. The first-order chi connectivity index (χ1) is 17.6. The fourth-order valence-corrected chi connectivity index (χ4v) is 5.61. The number of amides is 1. The molecule has 4 heteroatoms. The van der Waals surface area contributed by atoms with Gasteiger partial charge >= 0.3 is 0 Å². The minimum absolute atomic E-state index is 0.189. The van der Waals surface area contributed by atoms with E-state index >= 15 is 0 Å². The summed E-state index contributed by atoms with van der Waals surface area (Å²) in [4.78, 5) is 28.5. The number of hydrogen-bond donors (Lipinski definition) is 0. The van der Waals surface area contributed by atoms with E-state index in [1.54, 1.807) is 0 Å². The van der Waals surface area contributed by atoms with Gasteiger partial charge in [-0.15, -0.1) is 0 Å². The molecule has 188 valence electrons. The molecular formula is C32H36ClNO2. The summed E-state index contributed by atoms with van der Waals surface area (Å²) in [5.41, 5.74) is 3.06. The molecule has 36 heavy (non-hydrogen) atoms. The number of unbranched alkanes of at least 4 members (excludes halogenated alkanes) is 2. The highest BCUT2D eigenvalue weighted by atomic mass is 35.5. The number of ketones is 1. The Morgan fingerprint density at radius 1 is 0.722 bits per heavy atom. The van der Waals surface area contributed by atoms with Crippen molar-refractivity contribution in [1.82, 2.24) is 4.90 Å². The molecule has 1 aliphatic heterocycles. The molecule has 3 aromatic rings. The van der Waals surface area contributed by atoms with Crippen LogP contribution in [0.4, 0.5) is 0 Å². The summed E-state index contributed by atoms with van der Waals surface area (Å²) in [6.45, 7) is 1.28. The Morgan fingerprint density at radius 2 is 1.39 bits per heavy atom. The van der Waals surface area contributed by atoms with E-state index in [2.05, 4.69) is 30.3 Å². The molecule has 3 nitrogen and oxygen atoms in total. The van der Waals surface area contributed by atoms with Gasteiger partial charge in [0.25, 0.3) is 0 Å². The zero-order valence-corrected chi connectivity index (χ0v) is 21.8. The van der Waals surface area contributed by atoms with E-state index in [1.807, 2.05) is 59.5 Å². The molecule has 0 saturated carbocycles. The number of likely N-dealkylation sites (tertiary alicyclic amines) is 1. The van der Waals surface area contributed by atoms with Crippen LogP contribution in [0, 0.1) is 0 Å². The van der Waals surface area contributed by atoms with E-state index in [9.17, 15) is 9.59 Å². The standard InChI is InChI=1S/C32H36ClNO2/c33-29-17-10-14-27(25-29)13-6-2-9-18-30(35)32(28-15-7-3-8-16-28)21-23-34(24-22-32)31(36)20-19-26-11-4-1-5-12-26/h1,3-5,7-8,10-12,14-17,25H,2,6,9,13,18-24H2. The maximum atomic E-state index is 13.7. The first kappa shape index (κ1) is 26.2. The van der Waals surface area contributed by atoms with Crippen LogP contribution in [0.3, 0.4) is 0 Å². The largest absolute Gasteiger partial charge is 0.343 e. The van der Waals surface area contributed by atoms with Gasteiger partial charge in [-0.05, 0) is 67.3 Å². The second kappa shape index (κ2) is 12.9. The Hall–Kier alpha value is -2.91. The summed E-state index contributed by atoms with van der Waals surface area (Å²) in [6.07, 6.45) is 7.23. The van der Waals surface area contributed by atoms with Crippen molar-refractivity contribution in [3.63, 3.8) is 0 Å². The monoisotopic (exact) mass is 501 g/mol. The molecule has 0 N–H and O–H groups in total. The van der Waals surface area contributed by atoms with Crippen molar-refractivity contribution in [2.75, 3.05) is 13.1 Å². The van der Waals surface area contributed by atoms with Crippen LogP contribution >= 0.6 is 11.6 Å². The Morgan fingerprint density at radius 3 is 2.08 bits per heavy atom. The van der Waals surface area contributed by atoms with Crippen molar-refractivity contribution in [2.45, 2.75) is 63.2 Å². The third kappa shape index (κ3) is 6.85. The highest BCUT2D eigenvalue weighted by molar-refractivity contribution is 6.30. The smallest absolute Gasteiger partial charge is 0.222 e. The number of Topliss-reactive ketones (excluding diaryl/α,β-unsaturated/α-hetero) is 1. The SMILES string of the molecule is O=C(CCc1ccccc1)N1CCC(C(=O)CCCCCc2cccc(Cl)c2)(c2ccccc2)CC1. The molecule has 3 aromatic carbocycles. The molecule has 0 spiro atoms. The van der Waals surface area contributed by atoms with Gasteiger partial charge in [-0.3, -0.25) is 9.59 Å². The van der Waals surface area contributed by atoms with Gasteiger partial charge in [0, 0.05) is 31.0 Å². The lowest BCUT2D eigenvalue weighted by atomic mass is 9.68. The average molecular weight is 502 g/mol. The number of rotatable bonds is 11. The zero-order valence-electron chi connectivity index (χ0n) is 21.0. The fourth-order valence-electron chi connectivity index (χ4n) is 5.40. The van der Waals surface area contributed by atoms with Gasteiger partial charge in [-0.25, -0.2) is 0 Å². The van der Waals surface area contributed by atoms with Gasteiger partial charge < -0.3 is 4.90 Å². The lowest BCUT2D eigenvalue weighted by Gasteiger charge is -2.41. The quantitative estimate of drug-likeness (QED) is 0.260. The van der Waals surface area contributed by atoms with E-state index in [-0.39, 0.29) is 5.91 Å². The molecule has 1 aliphatic rings. The molecule has 1 fully saturated rings. The van der Waals surface area contributed by atoms with E-state index in [1.165, 1.54) is 11.1 Å². The number of carbonyl (C=O) groups is 2. The van der Waals surface area contributed by atoms with E-state index in [4.69, 9.17) is 11.6 Å². The van der Waals surface area contributed by atoms with E-state index < -0.39 is 5.41 Å². The van der Waals surface area contributed by atoms with Gasteiger partial charge in [0.15, 0.2) is 0 Å². The van der Waals surface area contributed by atoms with Crippen LogP contribution in [-0.2, 0) is 27.8 Å². The predicted molar refractivity (Wildman–Crippen MR) is 147 cm³/mol. The van der Waals surface area contributed by atoms with Crippen molar-refractivity contribution < 1.29 is 9.59 Å². The van der Waals surface area contributed by atoms with Gasteiger partial charge in [0.05, 0.1) is 5.41 Å². The van der Waals surface area contributed by atoms with Crippen molar-refractivity contribution in [1.29, 1.82) is 0 Å². The second-order valence-corrected chi connectivity index (χ2v) is 10.4. The van der Waals surface area contributed by atoms with Crippen molar-refractivity contribution in [3.05, 3.63) is 107 Å². The summed E-state index contributed by atoms with van der Waals surface area (Å²) in [5, 5.41) is 0.775. The highest BCUT2D eigenvalue weighted by Crippen LogP contribution is 2.38. The van der Waals surface area contributed by atoms with E-state index in [0.717, 1.165) is 42.7 Å². The highest BCUT2D eigenvalue weighted by Gasteiger charge is 2.42. The van der Waals surface area contributed by atoms with Crippen LogP contribution in [0.25, 0.3) is 0 Å². The van der Waals surface area contributed by atoms with Crippen molar-refractivity contribution in [3.8, 4) is 0 Å². The third-order valence-electron chi connectivity index (χ3n) is 7.56. The van der Waals surface area contributed by atoms with Crippen molar-refractivity contribution in [2.24, 2.45) is 0 Å². The molecule has 4 rings (SSSR count). The number of hydrogen-bond acceptors (Lipinski definition) is 2. The van der Waals surface area contributed by atoms with Crippen LogP contribution in [0.5, 0.6) is 0 Å². The number of aryl methyl sites for hydroxylation is 2. The maximum absolute atomic E-state index is 13.7. The van der Waals surface area contributed by atoms with Gasteiger partial charge in [-0.1, -0.05) is 90.8 Å². The Kier molecular flexibility index (Phi) is 9.35. The number of benzene rings is 3. The predicted octanol–water partition coefficient (Wildman–Crippen LogP) is 7.21. The summed E-state index contributed by atoms with van der Waals surface area (Å²) in [6, 6.07) is 28.4. The molecule has 0 unspecified atom stereocenters. The van der Waals surface area contributed by atoms with Crippen LogP contribution in [0.2, 0.25) is 5.02 Å². The molecule has 1 heterocycles. The molecule has 1 saturated heterocycles. The minimum Gasteiger partial charge on any atom is -0.343 e. The number of piperidine rings is 1. The summed E-state index contributed by atoms with van der Waals surface area (Å²) in [7, 11) is 0. The van der Waals surface area contributed by atoms with Crippen LogP contribution in [0.1, 0.15) is 61.6 Å². The zero-order chi connectivity index (χ0) is 25.2. The molecule has 0 aliphatic carbocycles. The molecule has 0 bridgehead atoms. The first-order valence-corrected chi connectivity index (χ1v) is 13.6. The average Bonchev–Trinajstić information content (AvgIpc) is 2.92. The first-order valence-electron chi connectivity index (χ1n) is 13.2. The van der Waals surface area contributed by atoms with Gasteiger partial charge in [0.2, 0.25) is 5.91 Å². The Labute approximate surface area is 220 Å². The minimum atomic E-state index is -0.482. The molecular weight excluding hydrogens is 466 g/mol. The van der Waals surface area contributed by atoms with Gasteiger partial charge in [-0.2, -0.15) is 0 Å². The number of carbonyl (C=O) groups excluding carboxylic acids is 2. The number of nitrogens with zero attached hydrogens (tertiary/aromatic N) is 1. The topological polar surface area (TPSA) is 37.4 Å². The normalized spacial score (nSPS) is 15.0. The van der Waals surface area contributed by atoms with Crippen LogP contribution < -0.4 is 0 Å². The summed E-state index contributed by atoms with van der Waals surface area (Å²) >= 11 is 6.09. The van der Waals surface area contributed by atoms with E-state index in [0.29, 0.717) is 44.6 Å². The molecule has 1 amide bonds. The fraction of sp³-hybridized carbons (Fsp3) is 0.375. The van der Waals surface area contributed by atoms with Crippen LogP contribution in [0.15, 0.2) is 84.9 Å². The summed E-state index contributed by atoms with van der Waals surface area (Å²) in [5.74, 6) is 0.516. The molecule has 0 radical (unpaired) electrons. The maximum Gasteiger partial charge on any atom is 0.222 e. The Bertz CT molecular complexity index is 1120. The second-order valence-electron chi connectivity index (χ2n) is 9.93. The lowest BCUT2D eigenvalue weighted by Crippen LogP contribution is -2.49.